The van der Waals surface area contributed by atoms with Crippen molar-refractivity contribution in [2.45, 2.75) is 6.04 Å². The van der Waals surface area contributed by atoms with E-state index in [1.165, 1.54) is 11.3 Å². The Morgan fingerprint density at radius 1 is 1.58 bits per heavy atom. The highest BCUT2D eigenvalue weighted by atomic mass is 32.1. The quantitative estimate of drug-likeness (QED) is 0.525. The number of carboxylic acids is 1. The first-order valence-corrected chi connectivity index (χ1v) is 4.07. The van der Waals surface area contributed by atoms with Crippen LogP contribution in [0, 0.1) is 0 Å². The van der Waals surface area contributed by atoms with Gasteiger partial charge in [-0.1, -0.05) is 6.07 Å². The minimum atomic E-state index is -1.44. The fraction of sp³-hybridized carbons (Fsp3) is 0.143. The topological polar surface area (TPSA) is 80.4 Å². The molecule has 1 aromatic rings. The third-order valence-corrected chi connectivity index (χ3v) is 2.20. The summed E-state index contributed by atoms with van der Waals surface area (Å²) in [5.74, 6) is -1.84. The summed E-state index contributed by atoms with van der Waals surface area (Å²) in [6.45, 7) is 0. The second kappa shape index (κ2) is 3.46. The maximum Gasteiger partial charge on any atom is 0.328 e. The van der Waals surface area contributed by atoms with E-state index in [2.05, 4.69) is 0 Å². The van der Waals surface area contributed by atoms with Gasteiger partial charge in [-0.2, -0.15) is 0 Å². The SMILES string of the molecule is NC(C(=O)O)C(=O)c1cccs1. The van der Waals surface area contributed by atoms with Gasteiger partial charge in [0.05, 0.1) is 4.88 Å². The Bertz CT molecular complexity index is 294. The van der Waals surface area contributed by atoms with Crippen LogP contribution in [-0.4, -0.2) is 22.9 Å². The van der Waals surface area contributed by atoms with Crippen molar-refractivity contribution in [3.8, 4) is 0 Å². The number of carbonyl (C=O) groups is 2. The molecule has 0 aliphatic rings. The highest BCUT2D eigenvalue weighted by molar-refractivity contribution is 7.12. The fourth-order valence-electron chi connectivity index (χ4n) is 0.684. The zero-order valence-corrected chi connectivity index (χ0v) is 6.88. The normalized spacial score (nSPS) is 12.4. The smallest absolute Gasteiger partial charge is 0.328 e. The molecule has 0 aliphatic carbocycles. The summed E-state index contributed by atoms with van der Waals surface area (Å²) in [6, 6.07) is 1.78. The van der Waals surface area contributed by atoms with Crippen LogP contribution in [0.2, 0.25) is 0 Å². The van der Waals surface area contributed by atoms with Crippen LogP contribution in [0.4, 0.5) is 0 Å². The molecule has 1 heterocycles. The van der Waals surface area contributed by atoms with Gasteiger partial charge in [0.25, 0.3) is 0 Å². The van der Waals surface area contributed by atoms with E-state index >= 15 is 0 Å². The van der Waals surface area contributed by atoms with Gasteiger partial charge in [0.1, 0.15) is 0 Å². The molecule has 4 nitrogen and oxygen atoms in total. The van der Waals surface area contributed by atoms with Crippen LogP contribution in [0.15, 0.2) is 17.5 Å². The molecule has 0 spiro atoms. The van der Waals surface area contributed by atoms with Crippen molar-refractivity contribution in [1.29, 1.82) is 0 Å². The monoisotopic (exact) mass is 185 g/mol. The fourth-order valence-corrected chi connectivity index (χ4v) is 1.39. The highest BCUT2D eigenvalue weighted by Crippen LogP contribution is 2.10. The van der Waals surface area contributed by atoms with Crippen LogP contribution in [0.25, 0.3) is 0 Å². The number of ketones is 1. The second-order valence-corrected chi connectivity index (χ2v) is 3.11. The minimum absolute atomic E-state index is 0.380. The third kappa shape index (κ3) is 1.69. The summed E-state index contributed by atoms with van der Waals surface area (Å²) < 4.78 is 0. The van der Waals surface area contributed by atoms with Gasteiger partial charge in [0.15, 0.2) is 6.04 Å². The Hall–Kier alpha value is -1.20. The Balaban J connectivity index is 2.79. The van der Waals surface area contributed by atoms with E-state index in [1.54, 1.807) is 17.5 Å². The molecule has 1 atom stereocenters. The van der Waals surface area contributed by atoms with Crippen molar-refractivity contribution in [2.75, 3.05) is 0 Å². The molecule has 0 amide bonds. The molecule has 12 heavy (non-hydrogen) atoms. The van der Waals surface area contributed by atoms with Crippen molar-refractivity contribution in [2.24, 2.45) is 5.73 Å². The van der Waals surface area contributed by atoms with Crippen molar-refractivity contribution >= 4 is 23.1 Å². The van der Waals surface area contributed by atoms with Crippen molar-refractivity contribution in [1.82, 2.24) is 0 Å². The average molecular weight is 185 g/mol. The standard InChI is InChI=1S/C7H7NO3S/c8-5(7(10)11)6(9)4-2-1-3-12-4/h1-3,5H,8H2,(H,10,11). The maximum atomic E-state index is 11.2. The van der Waals surface area contributed by atoms with E-state index in [4.69, 9.17) is 10.8 Å². The highest BCUT2D eigenvalue weighted by Gasteiger charge is 2.22. The molecule has 0 aromatic carbocycles. The molecular weight excluding hydrogens is 178 g/mol. The summed E-state index contributed by atoms with van der Waals surface area (Å²) in [4.78, 5) is 21.8. The lowest BCUT2D eigenvalue weighted by atomic mass is 10.2. The zero-order chi connectivity index (χ0) is 9.14. The number of carboxylic acid groups (broad SMARTS) is 1. The molecule has 5 heteroatoms. The van der Waals surface area contributed by atoms with Crippen LogP contribution in [0.1, 0.15) is 9.67 Å². The molecule has 0 saturated carbocycles. The lowest BCUT2D eigenvalue weighted by Crippen LogP contribution is -2.38. The predicted molar refractivity (Wildman–Crippen MR) is 44.3 cm³/mol. The number of Topliss-reactive ketones (excluding diaryl/α,β-unsaturated/α-hetero) is 1. The van der Waals surface area contributed by atoms with Gasteiger partial charge in [-0.25, -0.2) is 0 Å². The Labute approximate surface area is 72.6 Å². The van der Waals surface area contributed by atoms with Gasteiger partial charge in [-0.05, 0) is 11.4 Å². The van der Waals surface area contributed by atoms with Gasteiger partial charge in [0, 0.05) is 0 Å². The summed E-state index contributed by atoms with van der Waals surface area (Å²) in [7, 11) is 0. The van der Waals surface area contributed by atoms with Crippen LogP contribution >= 0.6 is 11.3 Å². The summed E-state index contributed by atoms with van der Waals surface area (Å²) in [6.07, 6.45) is 0. The molecule has 0 fully saturated rings. The van der Waals surface area contributed by atoms with Gasteiger partial charge in [-0.3, -0.25) is 9.59 Å². The second-order valence-electron chi connectivity index (χ2n) is 2.16. The third-order valence-electron chi connectivity index (χ3n) is 1.31. The molecule has 0 saturated heterocycles. The number of rotatable bonds is 3. The van der Waals surface area contributed by atoms with Crippen LogP contribution in [0.3, 0.4) is 0 Å². The Kier molecular flexibility index (Phi) is 2.57. The van der Waals surface area contributed by atoms with Crippen molar-refractivity contribution in [3.63, 3.8) is 0 Å². The van der Waals surface area contributed by atoms with E-state index < -0.39 is 17.8 Å². The molecule has 1 aromatic heterocycles. The summed E-state index contributed by atoms with van der Waals surface area (Å²) in [5, 5.41) is 10.1. The molecule has 1 rings (SSSR count). The molecular formula is C7H7NO3S. The zero-order valence-electron chi connectivity index (χ0n) is 6.06. The first-order chi connectivity index (χ1) is 5.63. The molecule has 1 unspecified atom stereocenters. The lowest BCUT2D eigenvalue weighted by molar-refractivity contribution is -0.137. The number of nitrogens with two attached hydrogens (primary N) is 1. The summed E-state index contributed by atoms with van der Waals surface area (Å²) >= 11 is 1.18. The van der Waals surface area contributed by atoms with Crippen LogP contribution in [0.5, 0.6) is 0 Å². The van der Waals surface area contributed by atoms with E-state index in [-0.39, 0.29) is 0 Å². The lowest BCUT2D eigenvalue weighted by Gasteiger charge is -2.01. The van der Waals surface area contributed by atoms with Crippen molar-refractivity contribution in [3.05, 3.63) is 22.4 Å². The number of aliphatic carboxylic acids is 1. The average Bonchev–Trinajstić information content (AvgIpc) is 2.53. The van der Waals surface area contributed by atoms with Crippen molar-refractivity contribution < 1.29 is 14.7 Å². The minimum Gasteiger partial charge on any atom is -0.480 e. The molecule has 3 N–H and O–H groups in total. The first kappa shape index (κ1) is 8.89. The number of hydrogen-bond donors (Lipinski definition) is 2. The number of hydrogen-bond acceptors (Lipinski definition) is 4. The predicted octanol–water partition coefficient (Wildman–Crippen LogP) is 0.343. The molecule has 0 radical (unpaired) electrons. The van der Waals surface area contributed by atoms with Crippen LogP contribution < -0.4 is 5.73 Å². The molecule has 0 bridgehead atoms. The van der Waals surface area contributed by atoms with Gasteiger partial charge in [0.2, 0.25) is 5.78 Å². The van der Waals surface area contributed by atoms with E-state index in [0.717, 1.165) is 0 Å². The number of thiophene rings is 1. The molecule has 64 valence electrons. The summed E-state index contributed by atoms with van der Waals surface area (Å²) in [5.41, 5.74) is 5.11. The molecule has 0 aliphatic heterocycles. The Morgan fingerprint density at radius 3 is 2.67 bits per heavy atom. The van der Waals surface area contributed by atoms with E-state index in [9.17, 15) is 9.59 Å². The van der Waals surface area contributed by atoms with Gasteiger partial charge in [-0.15, -0.1) is 11.3 Å². The Morgan fingerprint density at radius 2 is 2.25 bits per heavy atom. The van der Waals surface area contributed by atoms with E-state index in [0.29, 0.717) is 4.88 Å². The van der Waals surface area contributed by atoms with Crippen LogP contribution in [-0.2, 0) is 4.79 Å². The first-order valence-electron chi connectivity index (χ1n) is 3.19. The maximum absolute atomic E-state index is 11.2. The van der Waals surface area contributed by atoms with Gasteiger partial charge >= 0.3 is 5.97 Å². The largest absolute Gasteiger partial charge is 0.480 e. The van der Waals surface area contributed by atoms with Gasteiger partial charge < -0.3 is 10.8 Å². The number of carbonyl (C=O) groups excluding carboxylic acids is 1. The van der Waals surface area contributed by atoms with E-state index in [1.807, 2.05) is 0 Å².